The molecule has 1 heterocycles. The van der Waals surface area contributed by atoms with Gasteiger partial charge in [-0.25, -0.2) is 0 Å². The van der Waals surface area contributed by atoms with Gasteiger partial charge in [-0.15, -0.1) is 0 Å². The summed E-state index contributed by atoms with van der Waals surface area (Å²) in [6, 6.07) is 7.58. The molecule has 22 heavy (non-hydrogen) atoms. The fraction of sp³-hybridized carbons (Fsp3) is 0.500. The Labute approximate surface area is 138 Å². The highest BCUT2D eigenvalue weighted by Crippen LogP contribution is 2.21. The van der Waals surface area contributed by atoms with Gasteiger partial charge in [-0.3, -0.25) is 9.59 Å². The lowest BCUT2D eigenvalue weighted by Gasteiger charge is -2.20. The maximum atomic E-state index is 12.0. The van der Waals surface area contributed by atoms with E-state index in [0.29, 0.717) is 12.3 Å². The van der Waals surface area contributed by atoms with Crippen molar-refractivity contribution in [1.82, 2.24) is 4.90 Å². The lowest BCUT2D eigenvalue weighted by atomic mass is 10.1. The van der Waals surface area contributed by atoms with Crippen molar-refractivity contribution in [3.05, 3.63) is 28.7 Å². The maximum absolute atomic E-state index is 12.0. The summed E-state index contributed by atoms with van der Waals surface area (Å²) in [7, 11) is 0. The van der Waals surface area contributed by atoms with Crippen LogP contribution in [0.2, 0.25) is 0 Å². The standard InChI is InChI=1S/C16H20BrNO4/c1-11(2)18-10-12(8-15(18)19)16(20)22-7-6-21-14-5-3-4-13(17)9-14/h3-5,9,11-12H,6-8,10H2,1-2H3. The molecule has 1 amide bonds. The molecular weight excluding hydrogens is 350 g/mol. The molecule has 0 saturated carbocycles. The molecule has 6 heteroatoms. The molecule has 0 bridgehead atoms. The SMILES string of the molecule is CC(C)N1CC(C(=O)OCCOc2cccc(Br)c2)CC1=O. The van der Waals surface area contributed by atoms with Crippen LogP contribution in [0.3, 0.4) is 0 Å². The largest absolute Gasteiger partial charge is 0.490 e. The third kappa shape index (κ3) is 4.47. The zero-order valence-electron chi connectivity index (χ0n) is 12.8. The first kappa shape index (κ1) is 16.8. The van der Waals surface area contributed by atoms with Crippen LogP contribution >= 0.6 is 15.9 Å². The molecule has 0 radical (unpaired) electrons. The Bertz CT molecular complexity index is 547. The molecule has 1 aromatic rings. The van der Waals surface area contributed by atoms with E-state index >= 15 is 0 Å². The molecule has 1 aromatic carbocycles. The van der Waals surface area contributed by atoms with Crippen LogP contribution in [-0.4, -0.2) is 42.6 Å². The monoisotopic (exact) mass is 369 g/mol. The topological polar surface area (TPSA) is 55.8 Å². The smallest absolute Gasteiger partial charge is 0.311 e. The molecule has 1 unspecified atom stereocenters. The van der Waals surface area contributed by atoms with Gasteiger partial charge in [0.1, 0.15) is 19.0 Å². The Morgan fingerprint density at radius 1 is 1.41 bits per heavy atom. The van der Waals surface area contributed by atoms with Crippen LogP contribution in [0.1, 0.15) is 20.3 Å². The van der Waals surface area contributed by atoms with Gasteiger partial charge in [0, 0.05) is 23.5 Å². The minimum atomic E-state index is -0.360. The molecule has 0 N–H and O–H groups in total. The van der Waals surface area contributed by atoms with Gasteiger partial charge in [0.2, 0.25) is 5.91 Å². The number of esters is 1. The minimum absolute atomic E-state index is 0.0161. The van der Waals surface area contributed by atoms with Crippen molar-refractivity contribution in [2.75, 3.05) is 19.8 Å². The molecule has 1 aliphatic rings. The van der Waals surface area contributed by atoms with E-state index in [1.54, 1.807) is 4.90 Å². The summed E-state index contributed by atoms with van der Waals surface area (Å²) >= 11 is 3.36. The Kier molecular flexibility index (Phi) is 5.83. The van der Waals surface area contributed by atoms with Crippen molar-refractivity contribution in [2.45, 2.75) is 26.3 Å². The average Bonchev–Trinajstić information content (AvgIpc) is 2.86. The molecule has 0 aromatic heterocycles. The van der Waals surface area contributed by atoms with E-state index in [4.69, 9.17) is 9.47 Å². The van der Waals surface area contributed by atoms with E-state index < -0.39 is 0 Å². The zero-order valence-corrected chi connectivity index (χ0v) is 14.3. The second-order valence-electron chi connectivity index (χ2n) is 5.51. The van der Waals surface area contributed by atoms with Crippen molar-refractivity contribution in [2.24, 2.45) is 5.92 Å². The Morgan fingerprint density at radius 2 is 2.18 bits per heavy atom. The average molecular weight is 370 g/mol. The van der Waals surface area contributed by atoms with Crippen molar-refractivity contribution in [3.8, 4) is 5.75 Å². The van der Waals surface area contributed by atoms with E-state index in [1.807, 2.05) is 38.1 Å². The van der Waals surface area contributed by atoms with E-state index in [9.17, 15) is 9.59 Å². The summed E-state index contributed by atoms with van der Waals surface area (Å²) in [6.45, 7) is 4.80. The summed E-state index contributed by atoms with van der Waals surface area (Å²) in [6.07, 6.45) is 0.240. The number of hydrogen-bond donors (Lipinski definition) is 0. The van der Waals surface area contributed by atoms with Gasteiger partial charge >= 0.3 is 5.97 Å². The molecule has 0 aliphatic carbocycles. The highest BCUT2D eigenvalue weighted by Gasteiger charge is 2.36. The fourth-order valence-electron chi connectivity index (χ4n) is 2.36. The van der Waals surface area contributed by atoms with Gasteiger partial charge in [0.25, 0.3) is 0 Å². The number of likely N-dealkylation sites (tertiary alicyclic amines) is 1. The number of ether oxygens (including phenoxy) is 2. The van der Waals surface area contributed by atoms with Crippen LogP contribution in [0.4, 0.5) is 0 Å². The van der Waals surface area contributed by atoms with Crippen LogP contribution < -0.4 is 4.74 Å². The predicted octanol–water partition coefficient (Wildman–Crippen LogP) is 2.63. The molecule has 2 rings (SSSR count). The molecule has 1 saturated heterocycles. The number of amides is 1. The van der Waals surface area contributed by atoms with Crippen LogP contribution in [0, 0.1) is 5.92 Å². The van der Waals surface area contributed by atoms with Crippen LogP contribution in [0.25, 0.3) is 0 Å². The Hall–Kier alpha value is -1.56. The highest BCUT2D eigenvalue weighted by molar-refractivity contribution is 9.10. The number of nitrogens with zero attached hydrogens (tertiary/aromatic N) is 1. The number of hydrogen-bond acceptors (Lipinski definition) is 4. The lowest BCUT2D eigenvalue weighted by molar-refractivity contribution is -0.149. The van der Waals surface area contributed by atoms with E-state index in [0.717, 1.165) is 4.47 Å². The zero-order chi connectivity index (χ0) is 16.1. The molecule has 1 fully saturated rings. The summed E-state index contributed by atoms with van der Waals surface area (Å²) in [5.41, 5.74) is 0. The van der Waals surface area contributed by atoms with Crippen LogP contribution in [0.5, 0.6) is 5.75 Å². The maximum Gasteiger partial charge on any atom is 0.311 e. The molecule has 0 spiro atoms. The number of carbonyl (C=O) groups excluding carboxylic acids is 2. The predicted molar refractivity (Wildman–Crippen MR) is 85.6 cm³/mol. The normalized spacial score (nSPS) is 17.9. The Morgan fingerprint density at radius 3 is 2.82 bits per heavy atom. The van der Waals surface area contributed by atoms with Gasteiger partial charge < -0.3 is 14.4 Å². The number of benzene rings is 1. The molecular formula is C16H20BrNO4. The van der Waals surface area contributed by atoms with Gasteiger partial charge in [0.15, 0.2) is 0 Å². The summed E-state index contributed by atoms with van der Waals surface area (Å²) in [5, 5.41) is 0. The van der Waals surface area contributed by atoms with Crippen LogP contribution in [-0.2, 0) is 14.3 Å². The van der Waals surface area contributed by atoms with Gasteiger partial charge in [-0.2, -0.15) is 0 Å². The third-order valence-electron chi connectivity index (χ3n) is 3.51. The first-order valence-corrected chi connectivity index (χ1v) is 8.11. The molecule has 1 aliphatic heterocycles. The first-order chi connectivity index (χ1) is 10.5. The lowest BCUT2D eigenvalue weighted by Crippen LogP contribution is -2.33. The van der Waals surface area contributed by atoms with Crippen molar-refractivity contribution >= 4 is 27.8 Å². The number of halogens is 1. The second-order valence-corrected chi connectivity index (χ2v) is 6.43. The van der Waals surface area contributed by atoms with Crippen molar-refractivity contribution in [1.29, 1.82) is 0 Å². The molecule has 5 nitrogen and oxygen atoms in total. The summed E-state index contributed by atoms with van der Waals surface area (Å²) in [5.74, 6) is 0.0462. The molecule has 1 atom stereocenters. The highest BCUT2D eigenvalue weighted by atomic mass is 79.9. The van der Waals surface area contributed by atoms with Crippen molar-refractivity contribution in [3.63, 3.8) is 0 Å². The third-order valence-corrected chi connectivity index (χ3v) is 4.00. The van der Waals surface area contributed by atoms with Gasteiger partial charge in [-0.1, -0.05) is 22.0 Å². The van der Waals surface area contributed by atoms with E-state index in [1.165, 1.54) is 0 Å². The van der Waals surface area contributed by atoms with Gasteiger partial charge in [-0.05, 0) is 32.0 Å². The quantitative estimate of drug-likeness (QED) is 0.571. The molecule has 120 valence electrons. The van der Waals surface area contributed by atoms with Crippen LogP contribution in [0.15, 0.2) is 28.7 Å². The minimum Gasteiger partial charge on any atom is -0.490 e. The number of rotatable bonds is 6. The second kappa shape index (κ2) is 7.63. The first-order valence-electron chi connectivity index (χ1n) is 7.32. The van der Waals surface area contributed by atoms with Gasteiger partial charge in [0.05, 0.1) is 5.92 Å². The number of carbonyl (C=O) groups is 2. The van der Waals surface area contributed by atoms with E-state index in [-0.39, 0.29) is 43.5 Å². The Balaban J connectivity index is 1.71. The van der Waals surface area contributed by atoms with Crippen molar-refractivity contribution < 1.29 is 19.1 Å². The summed E-state index contributed by atoms with van der Waals surface area (Å²) in [4.78, 5) is 25.4. The fourth-order valence-corrected chi connectivity index (χ4v) is 2.74. The van der Waals surface area contributed by atoms with E-state index in [2.05, 4.69) is 15.9 Å². The summed E-state index contributed by atoms with van der Waals surface area (Å²) < 4.78 is 11.6.